The van der Waals surface area contributed by atoms with Crippen molar-refractivity contribution in [3.63, 3.8) is 0 Å². The summed E-state index contributed by atoms with van der Waals surface area (Å²) in [5.74, 6) is -0.204. The second kappa shape index (κ2) is 10.2. The number of carbonyl (C=O) groups is 2. The molecule has 1 aromatic rings. The second-order valence-corrected chi connectivity index (χ2v) is 7.47. The molecule has 142 valence electrons. The Balaban J connectivity index is 1.68. The number of non-ortho nitro benzene ring substituents is 1. The van der Waals surface area contributed by atoms with Gasteiger partial charge in [0.05, 0.1) is 10.7 Å². The van der Waals surface area contributed by atoms with Gasteiger partial charge >= 0.3 is 5.97 Å². The van der Waals surface area contributed by atoms with Gasteiger partial charge in [0.25, 0.3) is 11.6 Å². The fraction of sp³-hybridized carbons (Fsp3) is 0.556. The number of carbonyl (C=O) groups excluding carboxylic acids is 2. The van der Waals surface area contributed by atoms with Crippen LogP contribution >= 0.6 is 11.8 Å². The van der Waals surface area contributed by atoms with Crippen LogP contribution in [0.4, 0.5) is 5.69 Å². The molecular weight excluding hydrogens is 356 g/mol. The molecule has 1 atom stereocenters. The Morgan fingerprint density at radius 1 is 1.27 bits per heavy atom. The van der Waals surface area contributed by atoms with E-state index in [0.29, 0.717) is 12.5 Å². The smallest absolute Gasteiger partial charge is 0.317 e. The lowest BCUT2D eigenvalue weighted by Crippen LogP contribution is -2.39. The molecule has 8 heteroatoms. The molecule has 1 aliphatic carbocycles. The maximum atomic E-state index is 12.0. The summed E-state index contributed by atoms with van der Waals surface area (Å²) < 4.78 is 5.16. The molecule has 0 radical (unpaired) electrons. The van der Waals surface area contributed by atoms with Crippen LogP contribution in [-0.2, 0) is 14.3 Å². The van der Waals surface area contributed by atoms with E-state index < -0.39 is 17.0 Å². The molecule has 0 saturated heterocycles. The first-order valence-corrected chi connectivity index (χ1v) is 9.78. The van der Waals surface area contributed by atoms with Crippen LogP contribution in [0.25, 0.3) is 0 Å². The molecule has 1 N–H and O–H groups in total. The highest BCUT2D eigenvalue weighted by atomic mass is 32.2. The number of hydrogen-bond donors (Lipinski definition) is 1. The van der Waals surface area contributed by atoms with Gasteiger partial charge in [-0.25, -0.2) is 0 Å². The van der Waals surface area contributed by atoms with E-state index in [2.05, 4.69) is 5.32 Å². The van der Waals surface area contributed by atoms with E-state index in [1.54, 1.807) is 19.1 Å². The Hall–Kier alpha value is -2.09. The molecule has 0 aliphatic heterocycles. The summed E-state index contributed by atoms with van der Waals surface area (Å²) in [4.78, 5) is 34.8. The number of nitro benzene ring substituents is 1. The standard InChI is InChI=1S/C18H24N2O5S/c1-13(18(22)19-11-14-5-3-2-4-6-14)25-17(21)12-26-16-9-7-15(8-10-16)20(23)24/h7-10,13-14H,2-6,11-12H2,1H3,(H,19,22)/t13-/m0/s1. The second-order valence-electron chi connectivity index (χ2n) is 6.42. The third kappa shape index (κ3) is 6.67. The van der Waals surface area contributed by atoms with Crippen LogP contribution in [0.3, 0.4) is 0 Å². The summed E-state index contributed by atoms with van der Waals surface area (Å²) in [6.45, 7) is 2.20. The number of nitrogens with zero attached hydrogens (tertiary/aromatic N) is 1. The van der Waals surface area contributed by atoms with E-state index in [4.69, 9.17) is 4.74 Å². The Bertz CT molecular complexity index is 629. The summed E-state index contributed by atoms with van der Waals surface area (Å²) in [6, 6.07) is 5.93. The molecule has 7 nitrogen and oxygen atoms in total. The van der Waals surface area contributed by atoms with E-state index in [0.717, 1.165) is 17.7 Å². The molecule has 0 aromatic heterocycles. The monoisotopic (exact) mass is 380 g/mol. The first-order valence-electron chi connectivity index (χ1n) is 8.80. The molecule has 2 rings (SSSR count). The van der Waals surface area contributed by atoms with E-state index in [1.807, 2.05) is 0 Å². The number of nitro groups is 1. The first-order chi connectivity index (χ1) is 12.5. The highest BCUT2D eigenvalue weighted by Crippen LogP contribution is 2.23. The highest BCUT2D eigenvalue weighted by Gasteiger charge is 2.20. The van der Waals surface area contributed by atoms with Crippen LogP contribution in [0.15, 0.2) is 29.2 Å². The third-order valence-corrected chi connectivity index (χ3v) is 5.36. The highest BCUT2D eigenvalue weighted by molar-refractivity contribution is 8.00. The minimum atomic E-state index is -0.830. The molecule has 1 aliphatic rings. The van der Waals surface area contributed by atoms with Crippen molar-refractivity contribution in [2.75, 3.05) is 12.3 Å². The van der Waals surface area contributed by atoms with Crippen molar-refractivity contribution in [1.29, 1.82) is 0 Å². The Morgan fingerprint density at radius 2 is 1.92 bits per heavy atom. The summed E-state index contributed by atoms with van der Waals surface area (Å²) in [5.41, 5.74) is 0.000172. The molecular formula is C18H24N2O5S. The van der Waals surface area contributed by atoms with Crippen LogP contribution in [0.1, 0.15) is 39.0 Å². The van der Waals surface area contributed by atoms with Gasteiger partial charge in [0.2, 0.25) is 0 Å². The average molecular weight is 380 g/mol. The van der Waals surface area contributed by atoms with Crippen LogP contribution in [-0.4, -0.2) is 35.2 Å². The Morgan fingerprint density at radius 3 is 2.54 bits per heavy atom. The largest absolute Gasteiger partial charge is 0.452 e. The maximum Gasteiger partial charge on any atom is 0.317 e. The molecule has 0 unspecified atom stereocenters. The SMILES string of the molecule is C[C@H](OC(=O)CSc1ccc([N+](=O)[O-])cc1)C(=O)NCC1CCCCC1. The molecule has 0 bridgehead atoms. The van der Waals surface area contributed by atoms with Crippen molar-refractivity contribution in [2.45, 2.75) is 50.0 Å². The predicted octanol–water partition coefficient (Wildman–Crippen LogP) is 3.32. The lowest BCUT2D eigenvalue weighted by Gasteiger charge is -2.22. The van der Waals surface area contributed by atoms with Gasteiger partial charge in [-0.2, -0.15) is 0 Å². The number of ether oxygens (including phenoxy) is 1. The number of benzene rings is 1. The minimum absolute atomic E-state index is 0.000172. The number of nitrogens with one attached hydrogen (secondary N) is 1. The van der Waals surface area contributed by atoms with Crippen molar-refractivity contribution >= 4 is 29.3 Å². The molecule has 0 heterocycles. The van der Waals surface area contributed by atoms with Crippen molar-refractivity contribution in [3.05, 3.63) is 34.4 Å². The Labute approximate surface area is 157 Å². The number of amides is 1. The zero-order valence-corrected chi connectivity index (χ0v) is 15.6. The summed E-state index contributed by atoms with van der Waals surface area (Å²) >= 11 is 1.21. The number of thioether (sulfide) groups is 1. The van der Waals surface area contributed by atoms with Gasteiger partial charge in [0.1, 0.15) is 0 Å². The van der Waals surface area contributed by atoms with Crippen LogP contribution in [0.5, 0.6) is 0 Å². The van der Waals surface area contributed by atoms with E-state index in [9.17, 15) is 19.7 Å². The van der Waals surface area contributed by atoms with Gasteiger partial charge in [0.15, 0.2) is 6.10 Å². The normalized spacial score (nSPS) is 15.9. The lowest BCUT2D eigenvalue weighted by molar-refractivity contribution is -0.384. The molecule has 1 aromatic carbocycles. The van der Waals surface area contributed by atoms with Gasteiger partial charge in [-0.3, -0.25) is 19.7 Å². The summed E-state index contributed by atoms with van der Waals surface area (Å²) in [5, 5.41) is 13.5. The number of esters is 1. The Kier molecular flexibility index (Phi) is 7.90. The molecule has 1 amide bonds. The van der Waals surface area contributed by atoms with Gasteiger partial charge < -0.3 is 10.1 Å². The summed E-state index contributed by atoms with van der Waals surface area (Å²) in [6.07, 6.45) is 5.14. The van der Waals surface area contributed by atoms with Crippen molar-refractivity contribution in [1.82, 2.24) is 5.32 Å². The average Bonchev–Trinajstić information content (AvgIpc) is 2.65. The topological polar surface area (TPSA) is 98.5 Å². The molecule has 1 saturated carbocycles. The maximum absolute atomic E-state index is 12.0. The van der Waals surface area contributed by atoms with Crippen LogP contribution in [0, 0.1) is 16.0 Å². The molecule has 1 fully saturated rings. The van der Waals surface area contributed by atoms with Crippen LogP contribution in [0.2, 0.25) is 0 Å². The van der Waals surface area contributed by atoms with Gasteiger partial charge in [-0.05, 0) is 37.8 Å². The fourth-order valence-electron chi connectivity index (χ4n) is 2.87. The lowest BCUT2D eigenvalue weighted by atomic mass is 9.89. The van der Waals surface area contributed by atoms with Crippen molar-refractivity contribution < 1.29 is 19.2 Å². The van der Waals surface area contributed by atoms with E-state index in [1.165, 1.54) is 43.2 Å². The van der Waals surface area contributed by atoms with E-state index >= 15 is 0 Å². The quantitative estimate of drug-likeness (QED) is 0.321. The molecule has 26 heavy (non-hydrogen) atoms. The minimum Gasteiger partial charge on any atom is -0.452 e. The van der Waals surface area contributed by atoms with Gasteiger partial charge in [-0.15, -0.1) is 11.8 Å². The number of hydrogen-bond acceptors (Lipinski definition) is 6. The number of rotatable bonds is 8. The summed E-state index contributed by atoms with van der Waals surface area (Å²) in [7, 11) is 0. The van der Waals surface area contributed by atoms with Crippen molar-refractivity contribution in [2.24, 2.45) is 5.92 Å². The van der Waals surface area contributed by atoms with Crippen LogP contribution < -0.4 is 5.32 Å². The first kappa shape index (κ1) is 20.2. The van der Waals surface area contributed by atoms with Gasteiger partial charge in [0, 0.05) is 23.6 Å². The zero-order valence-electron chi connectivity index (χ0n) is 14.8. The van der Waals surface area contributed by atoms with Crippen molar-refractivity contribution in [3.8, 4) is 0 Å². The molecule has 0 spiro atoms. The predicted molar refractivity (Wildman–Crippen MR) is 99.0 cm³/mol. The van der Waals surface area contributed by atoms with E-state index in [-0.39, 0.29) is 17.3 Å². The zero-order chi connectivity index (χ0) is 18.9. The fourth-order valence-corrected chi connectivity index (χ4v) is 3.55. The third-order valence-electron chi connectivity index (χ3n) is 4.37. The van der Waals surface area contributed by atoms with Gasteiger partial charge in [-0.1, -0.05) is 19.3 Å².